The molecular weight excluding hydrogens is 384 g/mol. The van der Waals surface area contributed by atoms with Gasteiger partial charge < -0.3 is 19.5 Å². The summed E-state index contributed by atoms with van der Waals surface area (Å²) in [5.41, 5.74) is 3.69. The highest BCUT2D eigenvalue weighted by Gasteiger charge is 2.33. The molecule has 0 saturated carbocycles. The van der Waals surface area contributed by atoms with Gasteiger partial charge in [0.15, 0.2) is 11.5 Å². The average molecular weight is 408 g/mol. The second kappa shape index (κ2) is 8.18. The maximum atomic E-state index is 12.8. The van der Waals surface area contributed by atoms with Gasteiger partial charge in [-0.05, 0) is 55.5 Å². The van der Waals surface area contributed by atoms with Crippen molar-refractivity contribution in [2.45, 2.75) is 25.7 Å². The fourth-order valence-electron chi connectivity index (χ4n) is 4.21. The Morgan fingerprint density at radius 3 is 2.43 bits per heavy atom. The highest BCUT2D eigenvalue weighted by Crippen LogP contribution is 2.39. The Hall–Kier alpha value is -3.35. The van der Waals surface area contributed by atoms with E-state index in [1.807, 2.05) is 12.2 Å². The Labute approximate surface area is 175 Å². The number of nitrogens with one attached hydrogen (secondary N) is 1. The highest BCUT2D eigenvalue weighted by atomic mass is 16.5. The van der Waals surface area contributed by atoms with Gasteiger partial charge in [-0.25, -0.2) is 4.99 Å². The Morgan fingerprint density at radius 2 is 1.77 bits per heavy atom. The number of nitrogens with zero attached hydrogens (tertiary/aromatic N) is 1. The number of hydrogen-bond acceptors (Lipinski definition) is 5. The first-order chi connectivity index (χ1) is 14.5. The average Bonchev–Trinajstić information content (AvgIpc) is 2.78. The predicted octanol–water partition coefficient (Wildman–Crippen LogP) is 3.36. The molecule has 3 aliphatic rings. The highest BCUT2D eigenvalue weighted by molar-refractivity contribution is 6.14. The van der Waals surface area contributed by atoms with Gasteiger partial charge in [-0.15, -0.1) is 0 Å². The molecule has 1 N–H and O–H groups in total. The molecule has 1 aromatic rings. The summed E-state index contributed by atoms with van der Waals surface area (Å²) < 4.78 is 15.9. The first-order valence-electron chi connectivity index (χ1n) is 9.91. The van der Waals surface area contributed by atoms with E-state index >= 15 is 0 Å². The third kappa shape index (κ3) is 3.51. The van der Waals surface area contributed by atoms with Gasteiger partial charge in [0, 0.05) is 22.8 Å². The smallest absolute Gasteiger partial charge is 0.277 e. The van der Waals surface area contributed by atoms with Crippen molar-refractivity contribution in [3.8, 4) is 17.2 Å². The van der Waals surface area contributed by atoms with Crippen LogP contribution in [0, 0.1) is 5.92 Å². The molecule has 30 heavy (non-hydrogen) atoms. The number of hydrogen-bond donors (Lipinski definition) is 1. The van der Waals surface area contributed by atoms with E-state index < -0.39 is 5.91 Å². The molecule has 1 heterocycles. The van der Waals surface area contributed by atoms with Crippen molar-refractivity contribution in [2.75, 3.05) is 21.3 Å². The summed E-state index contributed by atoms with van der Waals surface area (Å²) >= 11 is 0. The molecule has 0 saturated heterocycles. The van der Waals surface area contributed by atoms with E-state index in [0.717, 1.165) is 37.0 Å². The number of carbonyl (C=O) groups is 2. The maximum Gasteiger partial charge on any atom is 0.277 e. The SMILES string of the molecule is COc1cc(C(=O)N=C2C=CC3C(=C2)NC(=O)C2=C3CCCC2)cc(OC)c1OC. The molecule has 0 bridgehead atoms. The lowest BCUT2D eigenvalue weighted by Crippen LogP contribution is -2.37. The van der Waals surface area contributed by atoms with E-state index in [2.05, 4.69) is 10.3 Å². The number of fused-ring (bicyclic) bond motifs is 2. The van der Waals surface area contributed by atoms with Gasteiger partial charge in [0.2, 0.25) is 5.75 Å². The van der Waals surface area contributed by atoms with Gasteiger partial charge in [0.1, 0.15) is 0 Å². The number of methoxy groups -OCH3 is 3. The topological polar surface area (TPSA) is 86.2 Å². The summed E-state index contributed by atoms with van der Waals surface area (Å²) in [5.74, 6) is 0.770. The van der Waals surface area contributed by atoms with Gasteiger partial charge in [-0.3, -0.25) is 9.59 Å². The predicted molar refractivity (Wildman–Crippen MR) is 112 cm³/mol. The first kappa shape index (κ1) is 19.9. The van der Waals surface area contributed by atoms with E-state index in [0.29, 0.717) is 28.5 Å². The van der Waals surface area contributed by atoms with Crippen LogP contribution in [0.5, 0.6) is 17.2 Å². The van der Waals surface area contributed by atoms with Crippen LogP contribution in [0.1, 0.15) is 36.0 Å². The molecule has 2 aliphatic carbocycles. The van der Waals surface area contributed by atoms with Crippen LogP contribution in [-0.4, -0.2) is 38.9 Å². The largest absolute Gasteiger partial charge is 0.493 e. The van der Waals surface area contributed by atoms with Gasteiger partial charge in [-0.1, -0.05) is 6.08 Å². The van der Waals surface area contributed by atoms with Gasteiger partial charge in [-0.2, -0.15) is 0 Å². The van der Waals surface area contributed by atoms with Crippen molar-refractivity contribution in [2.24, 2.45) is 10.9 Å². The minimum atomic E-state index is -0.441. The Kier molecular flexibility index (Phi) is 5.44. The van der Waals surface area contributed by atoms with E-state index in [1.54, 1.807) is 18.2 Å². The number of allylic oxidation sites excluding steroid dienone is 3. The Balaban J connectivity index is 1.64. The van der Waals surface area contributed by atoms with Crippen molar-refractivity contribution < 1.29 is 23.8 Å². The second-order valence-corrected chi connectivity index (χ2v) is 7.36. The summed E-state index contributed by atoms with van der Waals surface area (Å²) in [6, 6.07) is 3.13. The zero-order chi connectivity index (χ0) is 21.3. The van der Waals surface area contributed by atoms with Crippen molar-refractivity contribution in [3.05, 3.63) is 52.8 Å². The van der Waals surface area contributed by atoms with Crippen LogP contribution in [0.4, 0.5) is 0 Å². The maximum absolute atomic E-state index is 12.8. The molecule has 2 amide bonds. The minimum absolute atomic E-state index is 0.0298. The fourth-order valence-corrected chi connectivity index (χ4v) is 4.21. The van der Waals surface area contributed by atoms with Crippen LogP contribution in [0.3, 0.4) is 0 Å². The summed E-state index contributed by atoms with van der Waals surface area (Å²) in [7, 11) is 4.49. The number of carbonyl (C=O) groups excluding carboxylic acids is 2. The molecule has 0 spiro atoms. The van der Waals surface area contributed by atoms with Gasteiger partial charge in [0.25, 0.3) is 11.8 Å². The molecule has 0 fully saturated rings. The van der Waals surface area contributed by atoms with Crippen molar-refractivity contribution in [3.63, 3.8) is 0 Å². The molecule has 7 heteroatoms. The number of aliphatic imine (C=N–C) groups is 1. The molecule has 156 valence electrons. The number of amides is 2. The van der Waals surface area contributed by atoms with Crippen LogP contribution < -0.4 is 19.5 Å². The zero-order valence-electron chi connectivity index (χ0n) is 17.3. The molecule has 4 rings (SSSR count). The normalized spacial score (nSPS) is 21.4. The lowest BCUT2D eigenvalue weighted by atomic mass is 9.77. The van der Waals surface area contributed by atoms with Crippen LogP contribution in [0.15, 0.2) is 52.2 Å². The molecule has 1 unspecified atom stereocenters. The number of benzene rings is 1. The molecule has 1 aliphatic heterocycles. The lowest BCUT2D eigenvalue weighted by molar-refractivity contribution is -0.117. The van der Waals surface area contributed by atoms with E-state index in [4.69, 9.17) is 14.2 Å². The summed E-state index contributed by atoms with van der Waals surface area (Å²) in [5, 5.41) is 2.98. The quantitative estimate of drug-likeness (QED) is 0.826. The summed E-state index contributed by atoms with van der Waals surface area (Å²) in [6.45, 7) is 0. The lowest BCUT2D eigenvalue weighted by Gasteiger charge is -2.33. The summed E-state index contributed by atoms with van der Waals surface area (Å²) in [4.78, 5) is 29.5. The number of rotatable bonds is 4. The monoisotopic (exact) mass is 408 g/mol. The van der Waals surface area contributed by atoms with Gasteiger partial charge in [0.05, 0.1) is 27.0 Å². The fraction of sp³-hybridized carbons (Fsp3) is 0.348. The third-order valence-electron chi connectivity index (χ3n) is 5.66. The third-order valence-corrected chi connectivity index (χ3v) is 5.66. The molecule has 0 aromatic heterocycles. The minimum Gasteiger partial charge on any atom is -0.493 e. The van der Waals surface area contributed by atoms with E-state index in [9.17, 15) is 9.59 Å². The van der Waals surface area contributed by atoms with Crippen molar-refractivity contribution >= 4 is 17.5 Å². The molecule has 7 nitrogen and oxygen atoms in total. The molecule has 1 atom stereocenters. The Bertz CT molecular complexity index is 1010. The van der Waals surface area contributed by atoms with Crippen LogP contribution >= 0.6 is 0 Å². The van der Waals surface area contributed by atoms with Crippen molar-refractivity contribution in [1.82, 2.24) is 5.32 Å². The zero-order valence-corrected chi connectivity index (χ0v) is 17.3. The first-order valence-corrected chi connectivity index (χ1v) is 9.91. The van der Waals surface area contributed by atoms with Crippen LogP contribution in [-0.2, 0) is 4.79 Å². The Morgan fingerprint density at radius 1 is 1.07 bits per heavy atom. The standard InChI is InChI=1S/C23H24N2O5/c1-28-19-10-13(11-20(29-2)21(19)30-3)22(26)24-14-8-9-16-15-6-4-5-7-17(15)23(27)25-18(16)12-14/h8-12,16H,4-7H2,1-3H3,(H,25,27). The van der Waals surface area contributed by atoms with E-state index in [1.165, 1.54) is 26.9 Å². The van der Waals surface area contributed by atoms with Crippen molar-refractivity contribution in [1.29, 1.82) is 0 Å². The second-order valence-electron chi connectivity index (χ2n) is 7.36. The number of ether oxygens (including phenoxy) is 3. The van der Waals surface area contributed by atoms with Crippen LogP contribution in [0.2, 0.25) is 0 Å². The van der Waals surface area contributed by atoms with E-state index in [-0.39, 0.29) is 11.8 Å². The molecule has 0 radical (unpaired) electrons. The molecule has 1 aromatic carbocycles. The molecular formula is C23H24N2O5. The summed E-state index contributed by atoms with van der Waals surface area (Å²) in [6.07, 6.45) is 9.54. The van der Waals surface area contributed by atoms with Crippen LogP contribution in [0.25, 0.3) is 0 Å². The van der Waals surface area contributed by atoms with Gasteiger partial charge >= 0.3 is 0 Å².